The topological polar surface area (TPSA) is 80.9 Å². The molecule has 1 fully saturated rings. The summed E-state index contributed by atoms with van der Waals surface area (Å²) in [6.07, 6.45) is 2.22. The van der Waals surface area contributed by atoms with E-state index in [1.807, 2.05) is 0 Å². The van der Waals surface area contributed by atoms with Gasteiger partial charge in [-0.1, -0.05) is 25.1 Å². The molecule has 1 N–H and O–H groups in total. The van der Waals surface area contributed by atoms with Crippen LogP contribution in [0.25, 0.3) is 0 Å². The van der Waals surface area contributed by atoms with Gasteiger partial charge >= 0.3 is 5.97 Å². The number of rotatable bonds is 5. The lowest BCUT2D eigenvalue weighted by Gasteiger charge is -2.00. The summed E-state index contributed by atoms with van der Waals surface area (Å²) in [5.41, 5.74) is 0. The van der Waals surface area contributed by atoms with Gasteiger partial charge in [0.15, 0.2) is 0 Å². The average Bonchev–Trinajstić information content (AvgIpc) is 2.85. The molecule has 0 amide bonds. The molecule has 0 aliphatic heterocycles. The minimum atomic E-state index is -0.850. The quantitative estimate of drug-likeness (QED) is 0.751. The van der Waals surface area contributed by atoms with Crippen molar-refractivity contribution in [3.05, 3.63) is 0 Å². The van der Waals surface area contributed by atoms with Gasteiger partial charge in [0.05, 0.1) is 11.8 Å². The van der Waals surface area contributed by atoms with Crippen molar-refractivity contribution < 1.29 is 9.90 Å². The van der Waals surface area contributed by atoms with Gasteiger partial charge in [0.1, 0.15) is 0 Å². The molecule has 7 heteroatoms. The molecule has 2 unspecified atom stereocenters. The van der Waals surface area contributed by atoms with Crippen LogP contribution in [0.5, 0.6) is 0 Å². The maximum absolute atomic E-state index is 10.4. The fourth-order valence-corrected chi connectivity index (χ4v) is 2.24. The number of nitrogens with zero attached hydrogens (tertiary/aromatic N) is 4. The number of hydrogen-bond acceptors (Lipinski definition) is 5. The summed E-state index contributed by atoms with van der Waals surface area (Å²) in [6, 6.07) is 0.376. The van der Waals surface area contributed by atoms with Crippen molar-refractivity contribution in [3.8, 4) is 0 Å². The summed E-state index contributed by atoms with van der Waals surface area (Å²) in [5, 5.41) is 20.5. The molecule has 15 heavy (non-hydrogen) atoms. The Morgan fingerprint density at radius 3 is 3.13 bits per heavy atom. The van der Waals surface area contributed by atoms with Gasteiger partial charge in [-0.25, -0.2) is 4.68 Å². The molecule has 0 saturated heterocycles. The lowest BCUT2D eigenvalue weighted by molar-refractivity contribution is -0.133. The molecule has 2 atom stereocenters. The first-order valence-corrected chi connectivity index (χ1v) is 5.83. The Kier molecular flexibility index (Phi) is 2.90. The number of carbonyl (C=O) groups is 1. The Morgan fingerprint density at radius 2 is 2.53 bits per heavy atom. The molecular weight excluding hydrogens is 216 g/mol. The van der Waals surface area contributed by atoms with Gasteiger partial charge in [-0.05, 0) is 22.8 Å². The Morgan fingerprint density at radius 1 is 1.73 bits per heavy atom. The van der Waals surface area contributed by atoms with Gasteiger partial charge in [0.2, 0.25) is 5.16 Å². The summed E-state index contributed by atoms with van der Waals surface area (Å²) >= 11 is 1.17. The SMILES string of the molecule is CCC1CC1n1nnnc1SCC(=O)O. The molecule has 0 bridgehead atoms. The van der Waals surface area contributed by atoms with Crippen LogP contribution in [0.2, 0.25) is 0 Å². The van der Waals surface area contributed by atoms with Gasteiger partial charge in [-0.15, -0.1) is 5.10 Å². The van der Waals surface area contributed by atoms with E-state index in [1.54, 1.807) is 4.68 Å². The molecule has 82 valence electrons. The third-order valence-electron chi connectivity index (χ3n) is 2.51. The molecule has 0 spiro atoms. The zero-order chi connectivity index (χ0) is 10.8. The third kappa shape index (κ3) is 2.28. The second kappa shape index (κ2) is 4.18. The lowest BCUT2D eigenvalue weighted by atomic mass is 10.3. The Labute approximate surface area is 91.0 Å². The fraction of sp³-hybridized carbons (Fsp3) is 0.750. The number of aromatic nitrogens is 4. The summed E-state index contributed by atoms with van der Waals surface area (Å²) in [7, 11) is 0. The van der Waals surface area contributed by atoms with Crippen molar-refractivity contribution in [2.45, 2.75) is 31.0 Å². The predicted octanol–water partition coefficient (Wildman–Crippen LogP) is 0.821. The van der Waals surface area contributed by atoms with E-state index in [-0.39, 0.29) is 5.75 Å². The van der Waals surface area contributed by atoms with Gasteiger partial charge in [0.25, 0.3) is 0 Å². The molecule has 0 aromatic carbocycles. The van der Waals surface area contributed by atoms with Crippen LogP contribution in [-0.4, -0.2) is 37.0 Å². The smallest absolute Gasteiger partial charge is 0.313 e. The maximum Gasteiger partial charge on any atom is 0.313 e. The monoisotopic (exact) mass is 228 g/mol. The molecule has 1 aromatic rings. The Balaban J connectivity index is 2.00. The van der Waals surface area contributed by atoms with E-state index in [9.17, 15) is 4.79 Å². The zero-order valence-electron chi connectivity index (χ0n) is 8.33. The van der Waals surface area contributed by atoms with Crippen molar-refractivity contribution in [1.82, 2.24) is 20.2 Å². The van der Waals surface area contributed by atoms with Crippen LogP contribution in [-0.2, 0) is 4.79 Å². The molecule has 2 rings (SSSR count). The largest absolute Gasteiger partial charge is 0.481 e. The van der Waals surface area contributed by atoms with Crippen molar-refractivity contribution in [2.24, 2.45) is 5.92 Å². The normalized spacial score (nSPS) is 24.1. The van der Waals surface area contributed by atoms with E-state index in [4.69, 9.17) is 5.11 Å². The number of carboxylic acid groups (broad SMARTS) is 1. The molecule has 0 radical (unpaired) electrons. The first-order valence-electron chi connectivity index (χ1n) is 4.84. The summed E-state index contributed by atoms with van der Waals surface area (Å²) < 4.78 is 1.75. The first-order chi connectivity index (χ1) is 7.22. The second-order valence-corrected chi connectivity index (χ2v) is 4.50. The lowest BCUT2D eigenvalue weighted by Crippen LogP contribution is -2.04. The van der Waals surface area contributed by atoms with E-state index in [1.165, 1.54) is 11.8 Å². The number of aliphatic carboxylic acids is 1. The van der Waals surface area contributed by atoms with Crippen molar-refractivity contribution in [3.63, 3.8) is 0 Å². The summed E-state index contributed by atoms with van der Waals surface area (Å²) in [6.45, 7) is 2.14. The van der Waals surface area contributed by atoms with Crippen molar-refractivity contribution >= 4 is 17.7 Å². The average molecular weight is 228 g/mol. The number of thioether (sulfide) groups is 1. The van der Waals surface area contributed by atoms with Crippen LogP contribution in [0, 0.1) is 5.92 Å². The number of hydrogen-bond donors (Lipinski definition) is 1. The zero-order valence-corrected chi connectivity index (χ0v) is 9.15. The standard InChI is InChI=1S/C8H12N4O2S/c1-2-5-3-6(5)12-8(9-10-11-12)15-4-7(13)14/h5-6H,2-4H2,1H3,(H,13,14). The highest BCUT2D eigenvalue weighted by Gasteiger charge is 2.39. The van der Waals surface area contributed by atoms with Gasteiger partial charge < -0.3 is 5.11 Å². The van der Waals surface area contributed by atoms with Gasteiger partial charge in [0, 0.05) is 0 Å². The van der Waals surface area contributed by atoms with Gasteiger partial charge in [-0.2, -0.15) is 0 Å². The van der Waals surface area contributed by atoms with Crippen LogP contribution in [0.3, 0.4) is 0 Å². The molecule has 1 aromatic heterocycles. The van der Waals surface area contributed by atoms with Crippen molar-refractivity contribution in [1.29, 1.82) is 0 Å². The minimum absolute atomic E-state index is 0.00385. The summed E-state index contributed by atoms with van der Waals surface area (Å²) in [4.78, 5) is 10.4. The molecule has 1 saturated carbocycles. The third-order valence-corrected chi connectivity index (χ3v) is 3.43. The molecule has 1 heterocycles. The highest BCUT2D eigenvalue weighted by Crippen LogP contribution is 2.46. The molecular formula is C8H12N4O2S. The van der Waals surface area contributed by atoms with E-state index in [0.717, 1.165) is 12.8 Å². The highest BCUT2D eigenvalue weighted by atomic mass is 32.2. The minimum Gasteiger partial charge on any atom is -0.481 e. The Hall–Kier alpha value is -1.11. The van der Waals surface area contributed by atoms with Crippen LogP contribution >= 0.6 is 11.8 Å². The Bertz CT molecular complexity index is 367. The molecule has 1 aliphatic carbocycles. The number of tetrazole rings is 1. The highest BCUT2D eigenvalue weighted by molar-refractivity contribution is 7.99. The fourth-order valence-electron chi connectivity index (χ4n) is 1.58. The van der Waals surface area contributed by atoms with Gasteiger partial charge in [-0.3, -0.25) is 4.79 Å². The second-order valence-electron chi connectivity index (χ2n) is 3.56. The van der Waals surface area contributed by atoms with E-state index in [0.29, 0.717) is 17.1 Å². The van der Waals surface area contributed by atoms with Crippen LogP contribution < -0.4 is 0 Å². The van der Waals surface area contributed by atoms with E-state index in [2.05, 4.69) is 22.4 Å². The van der Waals surface area contributed by atoms with Crippen LogP contribution in [0.15, 0.2) is 5.16 Å². The van der Waals surface area contributed by atoms with Crippen LogP contribution in [0.1, 0.15) is 25.8 Å². The first kappa shape index (κ1) is 10.4. The van der Waals surface area contributed by atoms with Crippen molar-refractivity contribution in [2.75, 3.05) is 5.75 Å². The summed E-state index contributed by atoms with van der Waals surface area (Å²) in [5.74, 6) is -0.195. The molecule has 6 nitrogen and oxygen atoms in total. The maximum atomic E-state index is 10.4. The predicted molar refractivity (Wildman–Crippen MR) is 53.6 cm³/mol. The number of carboxylic acids is 1. The van der Waals surface area contributed by atoms with E-state index < -0.39 is 5.97 Å². The van der Waals surface area contributed by atoms with Crippen LogP contribution in [0.4, 0.5) is 0 Å². The molecule has 1 aliphatic rings. The van der Waals surface area contributed by atoms with E-state index >= 15 is 0 Å².